The molecule has 2 aliphatic heterocycles. The summed E-state index contributed by atoms with van der Waals surface area (Å²) < 4.78 is 5.72. The predicted molar refractivity (Wildman–Crippen MR) is 90.7 cm³/mol. The number of benzene rings is 1. The van der Waals surface area contributed by atoms with Crippen LogP contribution in [0.15, 0.2) is 24.3 Å². The minimum Gasteiger partial charge on any atom is -0.480 e. The largest absolute Gasteiger partial charge is 0.480 e. The van der Waals surface area contributed by atoms with Crippen LogP contribution in [0.2, 0.25) is 0 Å². The van der Waals surface area contributed by atoms with Crippen molar-refractivity contribution in [3.63, 3.8) is 0 Å². The molecule has 1 N–H and O–H groups in total. The Kier molecular flexibility index (Phi) is 5.18. The third kappa shape index (κ3) is 4.03. The smallest absolute Gasteiger partial charge is 0.261 e. The zero-order valence-corrected chi connectivity index (χ0v) is 14.1. The lowest BCUT2D eigenvalue weighted by atomic mass is 10.0. The molecule has 1 aromatic carbocycles. The van der Waals surface area contributed by atoms with Crippen molar-refractivity contribution < 1.29 is 9.53 Å². The number of rotatable bonds is 5. The van der Waals surface area contributed by atoms with E-state index in [-0.39, 0.29) is 12.0 Å². The normalized spacial score (nSPS) is 22.0. The van der Waals surface area contributed by atoms with Gasteiger partial charge in [0.15, 0.2) is 6.10 Å². The number of hydrogen-bond donors (Lipinski definition) is 1. The Morgan fingerprint density at radius 1 is 1.30 bits per heavy atom. The Morgan fingerprint density at radius 2 is 2.04 bits per heavy atom. The molecule has 0 radical (unpaired) electrons. The molecule has 1 amide bonds. The third-order valence-electron chi connectivity index (χ3n) is 4.95. The highest BCUT2D eigenvalue weighted by atomic mass is 16.5. The maximum Gasteiger partial charge on any atom is 0.261 e. The zero-order valence-electron chi connectivity index (χ0n) is 14.1. The molecule has 23 heavy (non-hydrogen) atoms. The fourth-order valence-electron chi connectivity index (χ4n) is 3.44. The summed E-state index contributed by atoms with van der Waals surface area (Å²) in [4.78, 5) is 17.0. The monoisotopic (exact) mass is 317 g/mol. The number of nitrogens with one attached hydrogen (secondary N) is 1. The molecule has 1 atom stereocenters. The Hall–Kier alpha value is -1.59. The van der Waals surface area contributed by atoms with Gasteiger partial charge in [0.25, 0.3) is 5.91 Å². The minimum atomic E-state index is -0.369. The molecule has 1 fully saturated rings. The molecule has 3 rings (SSSR count). The Bertz CT molecular complexity index is 514. The van der Waals surface area contributed by atoms with Gasteiger partial charge in [-0.1, -0.05) is 18.2 Å². The maximum atomic E-state index is 12.2. The van der Waals surface area contributed by atoms with Crippen molar-refractivity contribution in [3.05, 3.63) is 29.8 Å². The van der Waals surface area contributed by atoms with Crippen LogP contribution in [0.5, 0.6) is 5.75 Å². The van der Waals surface area contributed by atoms with Crippen LogP contribution in [0.25, 0.3) is 0 Å². The third-order valence-corrected chi connectivity index (χ3v) is 4.95. The number of carbonyl (C=O) groups is 1. The minimum absolute atomic E-state index is 0.00405. The molecule has 2 heterocycles. The fourth-order valence-corrected chi connectivity index (χ4v) is 3.44. The number of para-hydroxylation sites is 1. The molecule has 1 aromatic rings. The molecular weight excluding hydrogens is 290 g/mol. The van der Waals surface area contributed by atoms with Gasteiger partial charge in [0.2, 0.25) is 0 Å². The number of fused-ring (bicyclic) bond motifs is 1. The second-order valence-electron chi connectivity index (χ2n) is 6.75. The van der Waals surface area contributed by atoms with E-state index >= 15 is 0 Å². The molecule has 0 aliphatic carbocycles. The number of nitrogens with zero attached hydrogens (tertiary/aromatic N) is 2. The van der Waals surface area contributed by atoms with Crippen molar-refractivity contribution in [1.29, 1.82) is 0 Å². The molecular formula is C18H27N3O2. The highest BCUT2D eigenvalue weighted by molar-refractivity contribution is 5.82. The second kappa shape index (κ2) is 7.32. The maximum absolute atomic E-state index is 12.2. The molecule has 2 aliphatic rings. The Morgan fingerprint density at radius 3 is 2.74 bits per heavy atom. The van der Waals surface area contributed by atoms with E-state index in [0.717, 1.165) is 30.9 Å². The van der Waals surface area contributed by atoms with E-state index in [1.54, 1.807) is 0 Å². The first-order valence-corrected chi connectivity index (χ1v) is 8.54. The average molecular weight is 317 g/mol. The number of carbonyl (C=O) groups excluding carboxylic acids is 1. The molecule has 5 nitrogen and oxygen atoms in total. The summed E-state index contributed by atoms with van der Waals surface area (Å²) >= 11 is 0. The molecule has 0 bridgehead atoms. The Balaban J connectivity index is 1.36. The summed E-state index contributed by atoms with van der Waals surface area (Å²) in [5.41, 5.74) is 1.12. The molecule has 0 spiro atoms. The zero-order chi connectivity index (χ0) is 16.2. The van der Waals surface area contributed by atoms with Crippen LogP contribution in [0.1, 0.15) is 18.4 Å². The molecule has 0 saturated carbocycles. The van der Waals surface area contributed by atoms with Crippen LogP contribution < -0.4 is 10.1 Å². The van der Waals surface area contributed by atoms with Crippen LogP contribution in [-0.4, -0.2) is 68.1 Å². The summed E-state index contributed by atoms with van der Waals surface area (Å²) in [6.07, 6.45) is 2.73. The van der Waals surface area contributed by atoms with E-state index in [4.69, 9.17) is 4.74 Å². The number of piperidine rings is 1. The van der Waals surface area contributed by atoms with Gasteiger partial charge in [-0.05, 0) is 51.7 Å². The lowest BCUT2D eigenvalue weighted by Crippen LogP contribution is -2.46. The lowest BCUT2D eigenvalue weighted by Gasteiger charge is -2.35. The lowest BCUT2D eigenvalue weighted by molar-refractivity contribution is -0.127. The summed E-state index contributed by atoms with van der Waals surface area (Å²) in [5.74, 6) is 0.850. The summed E-state index contributed by atoms with van der Waals surface area (Å²) in [7, 11) is 4.31. The number of ether oxygens (including phenoxy) is 1. The van der Waals surface area contributed by atoms with Gasteiger partial charge in [-0.25, -0.2) is 0 Å². The first-order valence-electron chi connectivity index (χ1n) is 8.54. The molecule has 126 valence electrons. The summed E-state index contributed by atoms with van der Waals surface area (Å²) in [5, 5.41) is 3.02. The first kappa shape index (κ1) is 16.3. The van der Waals surface area contributed by atoms with E-state index in [0.29, 0.717) is 19.0 Å². The van der Waals surface area contributed by atoms with Gasteiger partial charge in [0.1, 0.15) is 5.75 Å². The van der Waals surface area contributed by atoms with Crippen LogP contribution in [0.4, 0.5) is 0 Å². The summed E-state index contributed by atoms with van der Waals surface area (Å²) in [6.45, 7) is 3.85. The van der Waals surface area contributed by atoms with Gasteiger partial charge in [0, 0.05) is 25.6 Å². The van der Waals surface area contributed by atoms with Crippen LogP contribution in [0.3, 0.4) is 0 Å². The molecule has 1 saturated heterocycles. The standard InChI is InChI=1S/C18H27N3O2/c1-20(2)15-7-10-21(11-8-15)12-9-19-18(22)17-13-14-5-3-4-6-16(14)23-17/h3-6,15,17H,7-13H2,1-2H3,(H,19,22). The highest BCUT2D eigenvalue weighted by Crippen LogP contribution is 2.28. The van der Waals surface area contributed by atoms with Crippen molar-refractivity contribution in [2.75, 3.05) is 40.3 Å². The van der Waals surface area contributed by atoms with Crippen molar-refractivity contribution in [1.82, 2.24) is 15.1 Å². The van der Waals surface area contributed by atoms with Crippen molar-refractivity contribution in [3.8, 4) is 5.75 Å². The SMILES string of the molecule is CN(C)C1CCN(CCNC(=O)C2Cc3ccccc3O2)CC1. The van der Waals surface area contributed by atoms with Crippen LogP contribution in [-0.2, 0) is 11.2 Å². The fraction of sp³-hybridized carbons (Fsp3) is 0.611. The van der Waals surface area contributed by atoms with Crippen molar-refractivity contribution >= 4 is 5.91 Å². The van der Waals surface area contributed by atoms with Gasteiger partial charge in [-0.3, -0.25) is 4.79 Å². The van der Waals surface area contributed by atoms with Gasteiger partial charge >= 0.3 is 0 Å². The van der Waals surface area contributed by atoms with E-state index < -0.39 is 0 Å². The average Bonchev–Trinajstić information content (AvgIpc) is 2.99. The number of likely N-dealkylation sites (tertiary alicyclic amines) is 1. The van der Waals surface area contributed by atoms with Crippen LogP contribution >= 0.6 is 0 Å². The Labute approximate surface area is 138 Å². The van der Waals surface area contributed by atoms with Crippen molar-refractivity contribution in [2.45, 2.75) is 31.4 Å². The van der Waals surface area contributed by atoms with Gasteiger partial charge < -0.3 is 19.9 Å². The number of amides is 1. The number of hydrogen-bond acceptors (Lipinski definition) is 4. The predicted octanol–water partition coefficient (Wildman–Crippen LogP) is 1.13. The van der Waals surface area contributed by atoms with E-state index in [9.17, 15) is 4.79 Å². The summed E-state index contributed by atoms with van der Waals surface area (Å²) in [6, 6.07) is 8.58. The van der Waals surface area contributed by atoms with E-state index in [1.807, 2.05) is 24.3 Å². The second-order valence-corrected chi connectivity index (χ2v) is 6.75. The van der Waals surface area contributed by atoms with E-state index in [1.165, 1.54) is 12.8 Å². The quantitative estimate of drug-likeness (QED) is 0.884. The topological polar surface area (TPSA) is 44.8 Å². The van der Waals surface area contributed by atoms with Gasteiger partial charge in [-0.2, -0.15) is 0 Å². The van der Waals surface area contributed by atoms with Crippen molar-refractivity contribution in [2.24, 2.45) is 0 Å². The first-order chi connectivity index (χ1) is 11.1. The van der Waals surface area contributed by atoms with E-state index in [2.05, 4.69) is 29.2 Å². The van der Waals surface area contributed by atoms with Gasteiger partial charge in [0.05, 0.1) is 0 Å². The molecule has 0 aromatic heterocycles. The van der Waals surface area contributed by atoms with Crippen LogP contribution in [0, 0.1) is 0 Å². The molecule has 1 unspecified atom stereocenters. The highest BCUT2D eigenvalue weighted by Gasteiger charge is 2.28. The molecule has 5 heteroatoms. The van der Waals surface area contributed by atoms with Gasteiger partial charge in [-0.15, -0.1) is 0 Å².